The Morgan fingerprint density at radius 2 is 2.26 bits per heavy atom. The monoisotopic (exact) mass is 265 g/mol. The van der Waals surface area contributed by atoms with Crippen LogP contribution < -0.4 is 15.8 Å². The van der Waals surface area contributed by atoms with Crippen molar-refractivity contribution in [2.24, 2.45) is 5.92 Å². The van der Waals surface area contributed by atoms with Gasteiger partial charge in [0, 0.05) is 6.54 Å². The summed E-state index contributed by atoms with van der Waals surface area (Å²) in [7, 11) is 0. The van der Waals surface area contributed by atoms with Crippen molar-refractivity contribution in [3.8, 4) is 5.88 Å². The van der Waals surface area contributed by atoms with Gasteiger partial charge in [0.05, 0.1) is 17.9 Å². The Bertz CT molecular complexity index is 423. The lowest BCUT2D eigenvalue weighted by molar-refractivity contribution is 0.178. The highest BCUT2D eigenvalue weighted by Crippen LogP contribution is 2.26. The number of nitrogens with one attached hydrogen (secondary N) is 1. The van der Waals surface area contributed by atoms with Gasteiger partial charge in [0.2, 0.25) is 5.88 Å². The fourth-order valence-corrected chi connectivity index (χ4v) is 2.35. The van der Waals surface area contributed by atoms with Crippen molar-refractivity contribution >= 4 is 11.5 Å². The van der Waals surface area contributed by atoms with Crippen molar-refractivity contribution in [1.29, 1.82) is 0 Å². The predicted octanol–water partition coefficient (Wildman–Crippen LogP) is 2.02. The Balaban J connectivity index is 1.93. The summed E-state index contributed by atoms with van der Waals surface area (Å²) in [5, 5.41) is 12.8. The van der Waals surface area contributed by atoms with Gasteiger partial charge in [-0.05, 0) is 51.2 Å². The predicted molar refractivity (Wildman–Crippen MR) is 76.3 cm³/mol. The summed E-state index contributed by atoms with van der Waals surface area (Å²) in [5.41, 5.74) is 6.38. The molecule has 0 spiro atoms. The van der Waals surface area contributed by atoms with E-state index >= 15 is 0 Å². The molecule has 0 aromatic carbocycles. The van der Waals surface area contributed by atoms with E-state index in [0.717, 1.165) is 31.6 Å². The molecule has 1 heterocycles. The van der Waals surface area contributed by atoms with Crippen molar-refractivity contribution in [3.63, 3.8) is 0 Å². The van der Waals surface area contributed by atoms with Crippen molar-refractivity contribution in [3.05, 3.63) is 12.1 Å². The lowest BCUT2D eigenvalue weighted by Gasteiger charge is -2.14. The number of pyridine rings is 1. The third-order valence-electron chi connectivity index (χ3n) is 3.32. The maximum absolute atomic E-state index is 9.50. The van der Waals surface area contributed by atoms with Crippen LogP contribution in [0.25, 0.3) is 0 Å². The summed E-state index contributed by atoms with van der Waals surface area (Å²) < 4.78 is 5.56. The van der Waals surface area contributed by atoms with Crippen LogP contribution in [0, 0.1) is 5.92 Å². The molecule has 2 unspecified atom stereocenters. The van der Waals surface area contributed by atoms with Crippen molar-refractivity contribution < 1.29 is 9.84 Å². The average Bonchev–Trinajstić information content (AvgIpc) is 2.75. The number of nitrogens with zero attached hydrogens (tertiary/aromatic N) is 1. The van der Waals surface area contributed by atoms with E-state index in [2.05, 4.69) is 10.3 Å². The number of nitrogen functional groups attached to an aromatic ring is 1. The van der Waals surface area contributed by atoms with Gasteiger partial charge >= 0.3 is 0 Å². The molecule has 5 heteroatoms. The second-order valence-corrected chi connectivity index (χ2v) is 5.47. The van der Waals surface area contributed by atoms with Crippen LogP contribution in [0.15, 0.2) is 12.1 Å². The minimum atomic E-state index is -0.133. The van der Waals surface area contributed by atoms with Gasteiger partial charge < -0.3 is 20.9 Å². The summed E-state index contributed by atoms with van der Waals surface area (Å²) >= 11 is 0. The molecule has 1 aliphatic carbocycles. The SMILES string of the molecule is CC(C)Oc1nc(NCC2CCC(O)C2)ccc1N. The highest BCUT2D eigenvalue weighted by molar-refractivity contribution is 5.53. The lowest BCUT2D eigenvalue weighted by atomic mass is 10.1. The normalized spacial score (nSPS) is 22.7. The van der Waals surface area contributed by atoms with Crippen LogP contribution in [0.3, 0.4) is 0 Å². The molecule has 0 aliphatic heterocycles. The van der Waals surface area contributed by atoms with Crippen LogP contribution in [0.4, 0.5) is 11.5 Å². The van der Waals surface area contributed by atoms with E-state index in [1.807, 2.05) is 19.9 Å². The first-order valence-electron chi connectivity index (χ1n) is 6.89. The smallest absolute Gasteiger partial charge is 0.239 e. The molecule has 1 aromatic rings. The lowest BCUT2D eigenvalue weighted by Crippen LogP contribution is -2.14. The summed E-state index contributed by atoms with van der Waals surface area (Å²) in [6.45, 7) is 4.72. The van der Waals surface area contributed by atoms with Gasteiger partial charge in [-0.2, -0.15) is 4.98 Å². The van der Waals surface area contributed by atoms with Gasteiger partial charge in [-0.15, -0.1) is 0 Å². The largest absolute Gasteiger partial charge is 0.473 e. The summed E-state index contributed by atoms with van der Waals surface area (Å²) in [5.74, 6) is 1.77. The van der Waals surface area contributed by atoms with Crippen molar-refractivity contribution in [2.45, 2.75) is 45.3 Å². The van der Waals surface area contributed by atoms with Crippen molar-refractivity contribution in [2.75, 3.05) is 17.6 Å². The molecule has 2 rings (SSSR count). The Morgan fingerprint density at radius 3 is 2.89 bits per heavy atom. The Kier molecular flexibility index (Phi) is 4.47. The molecule has 1 saturated carbocycles. The highest BCUT2D eigenvalue weighted by atomic mass is 16.5. The zero-order valence-electron chi connectivity index (χ0n) is 11.6. The first-order chi connectivity index (χ1) is 9.04. The van der Waals surface area contributed by atoms with Gasteiger partial charge in [0.15, 0.2) is 0 Å². The molecule has 0 radical (unpaired) electrons. The molecule has 0 amide bonds. The van der Waals surface area contributed by atoms with Gasteiger partial charge in [-0.3, -0.25) is 0 Å². The second kappa shape index (κ2) is 6.10. The summed E-state index contributed by atoms with van der Waals surface area (Å²) in [4.78, 5) is 4.37. The second-order valence-electron chi connectivity index (χ2n) is 5.47. The minimum absolute atomic E-state index is 0.0510. The maximum atomic E-state index is 9.50. The molecule has 1 aliphatic rings. The fraction of sp³-hybridized carbons (Fsp3) is 0.643. The molecular weight excluding hydrogens is 242 g/mol. The van der Waals surface area contributed by atoms with Crippen molar-refractivity contribution in [1.82, 2.24) is 4.98 Å². The maximum Gasteiger partial charge on any atom is 0.239 e. The number of hydrogen-bond acceptors (Lipinski definition) is 5. The molecule has 1 fully saturated rings. The Labute approximate surface area is 114 Å². The molecule has 5 nitrogen and oxygen atoms in total. The van der Waals surface area contributed by atoms with Gasteiger partial charge in [0.25, 0.3) is 0 Å². The number of rotatable bonds is 5. The molecule has 0 saturated heterocycles. The highest BCUT2D eigenvalue weighted by Gasteiger charge is 2.22. The van der Waals surface area contributed by atoms with Crippen LogP contribution >= 0.6 is 0 Å². The number of aromatic nitrogens is 1. The Morgan fingerprint density at radius 1 is 1.47 bits per heavy atom. The zero-order chi connectivity index (χ0) is 13.8. The van der Waals surface area contributed by atoms with Crippen LogP contribution in [-0.2, 0) is 0 Å². The molecule has 19 heavy (non-hydrogen) atoms. The molecule has 0 bridgehead atoms. The van der Waals surface area contributed by atoms with E-state index < -0.39 is 0 Å². The summed E-state index contributed by atoms with van der Waals surface area (Å²) in [6, 6.07) is 3.66. The molecule has 4 N–H and O–H groups in total. The number of hydrogen-bond donors (Lipinski definition) is 3. The first kappa shape index (κ1) is 13.9. The third kappa shape index (κ3) is 3.99. The first-order valence-corrected chi connectivity index (χ1v) is 6.89. The van der Waals surface area contributed by atoms with Crippen LogP contribution in [0.5, 0.6) is 5.88 Å². The van der Waals surface area contributed by atoms with E-state index in [4.69, 9.17) is 10.5 Å². The number of nitrogens with two attached hydrogens (primary N) is 1. The quantitative estimate of drug-likeness (QED) is 0.759. The van der Waals surface area contributed by atoms with E-state index in [0.29, 0.717) is 17.5 Å². The van der Waals surface area contributed by atoms with Crippen LogP contribution in [-0.4, -0.2) is 28.8 Å². The fourth-order valence-electron chi connectivity index (χ4n) is 2.35. The minimum Gasteiger partial charge on any atom is -0.473 e. The van der Waals surface area contributed by atoms with E-state index in [1.54, 1.807) is 6.07 Å². The van der Waals surface area contributed by atoms with E-state index in [-0.39, 0.29) is 12.2 Å². The average molecular weight is 265 g/mol. The van der Waals surface area contributed by atoms with Gasteiger partial charge in [0.1, 0.15) is 5.82 Å². The van der Waals surface area contributed by atoms with Gasteiger partial charge in [-0.1, -0.05) is 0 Å². The Hall–Kier alpha value is -1.49. The van der Waals surface area contributed by atoms with E-state index in [1.165, 1.54) is 0 Å². The number of aliphatic hydroxyl groups excluding tert-OH is 1. The third-order valence-corrected chi connectivity index (χ3v) is 3.32. The molecule has 106 valence electrons. The topological polar surface area (TPSA) is 80.4 Å². The zero-order valence-corrected chi connectivity index (χ0v) is 11.6. The molecule has 1 aromatic heterocycles. The standard InChI is InChI=1S/C14H23N3O2/c1-9(2)19-14-12(15)5-6-13(17-14)16-8-10-3-4-11(18)7-10/h5-6,9-11,18H,3-4,7-8,15H2,1-2H3,(H,16,17). The van der Waals surface area contributed by atoms with Crippen LogP contribution in [0.2, 0.25) is 0 Å². The van der Waals surface area contributed by atoms with Gasteiger partial charge in [-0.25, -0.2) is 0 Å². The molecular formula is C14H23N3O2. The summed E-state index contributed by atoms with van der Waals surface area (Å²) in [6.07, 6.45) is 2.76. The number of ether oxygens (including phenoxy) is 1. The van der Waals surface area contributed by atoms with E-state index in [9.17, 15) is 5.11 Å². The molecule has 2 atom stereocenters. The van der Waals surface area contributed by atoms with Crippen LogP contribution in [0.1, 0.15) is 33.1 Å². The number of anilines is 2. The number of aliphatic hydroxyl groups is 1.